The molecule has 3 heteroatoms. The molecular formula is C23H18N2S. The van der Waals surface area contributed by atoms with Crippen LogP contribution >= 0.6 is 11.3 Å². The Bertz CT molecular complexity index is 1230. The molecule has 2 nitrogen and oxygen atoms in total. The van der Waals surface area contributed by atoms with Crippen LogP contribution in [0, 0.1) is 13.8 Å². The van der Waals surface area contributed by atoms with E-state index in [0.29, 0.717) is 0 Å². The second kappa shape index (κ2) is 5.82. The summed E-state index contributed by atoms with van der Waals surface area (Å²) in [5.41, 5.74) is 6.11. The molecule has 2 heterocycles. The molecule has 0 radical (unpaired) electrons. The Hall–Kier alpha value is -2.91. The van der Waals surface area contributed by atoms with Crippen LogP contribution in [0.3, 0.4) is 0 Å². The Morgan fingerprint density at radius 1 is 0.769 bits per heavy atom. The van der Waals surface area contributed by atoms with Gasteiger partial charge >= 0.3 is 0 Å². The number of rotatable bonds is 2. The lowest BCUT2D eigenvalue weighted by Gasteiger charge is -2.15. The van der Waals surface area contributed by atoms with Crippen molar-refractivity contribution < 1.29 is 0 Å². The summed E-state index contributed by atoms with van der Waals surface area (Å²) in [6.07, 6.45) is 0. The van der Waals surface area contributed by atoms with Crippen LogP contribution in [0.5, 0.6) is 0 Å². The average Bonchev–Trinajstić information content (AvgIpc) is 3.19. The quantitative estimate of drug-likeness (QED) is 0.353. The van der Waals surface area contributed by atoms with Crippen molar-refractivity contribution in [2.75, 3.05) is 0 Å². The summed E-state index contributed by atoms with van der Waals surface area (Å²) < 4.78 is 3.64. The molecular weight excluding hydrogens is 336 g/mol. The van der Waals surface area contributed by atoms with Gasteiger partial charge < -0.3 is 0 Å². The van der Waals surface area contributed by atoms with E-state index in [2.05, 4.69) is 85.1 Å². The van der Waals surface area contributed by atoms with Crippen LogP contribution in [0.1, 0.15) is 11.1 Å². The van der Waals surface area contributed by atoms with Gasteiger partial charge in [0.15, 0.2) is 0 Å². The molecule has 0 N–H and O–H groups in total. The van der Waals surface area contributed by atoms with Gasteiger partial charge in [0.25, 0.3) is 0 Å². The molecule has 5 aromatic rings. The molecule has 3 aromatic carbocycles. The maximum absolute atomic E-state index is 5.06. The first-order valence-corrected chi connectivity index (χ1v) is 9.57. The smallest absolute Gasteiger partial charge is 0.146 e. The molecule has 0 saturated carbocycles. The fraction of sp³-hybridized carbons (Fsp3) is 0.0870. The highest BCUT2D eigenvalue weighted by Crippen LogP contribution is 2.39. The minimum atomic E-state index is 1.01. The highest BCUT2D eigenvalue weighted by Gasteiger charge is 2.20. The minimum Gasteiger partial charge on any atom is -0.290 e. The zero-order valence-corrected chi connectivity index (χ0v) is 15.5. The summed E-state index contributed by atoms with van der Waals surface area (Å²) in [6, 6.07) is 25.5. The third-order valence-electron chi connectivity index (χ3n) is 4.89. The number of imidazole rings is 1. The molecule has 0 unspecified atom stereocenters. The van der Waals surface area contributed by atoms with Crippen molar-refractivity contribution in [3.8, 4) is 17.1 Å². The van der Waals surface area contributed by atoms with Crippen LogP contribution < -0.4 is 0 Å². The summed E-state index contributed by atoms with van der Waals surface area (Å²) in [6.45, 7) is 4.36. The standard InChI is InChI=1S/C23H18N2S/c1-15-9-8-10-16(2)20(15)25-21-18-13-6-7-14-19(18)26-23(21)24-22(25)17-11-4-3-5-12-17/h3-14H,1-2H3. The van der Waals surface area contributed by atoms with Crippen molar-refractivity contribution in [2.24, 2.45) is 0 Å². The molecule has 0 amide bonds. The summed E-state index contributed by atoms with van der Waals surface area (Å²) in [5.74, 6) is 1.01. The van der Waals surface area contributed by atoms with E-state index in [-0.39, 0.29) is 0 Å². The summed E-state index contributed by atoms with van der Waals surface area (Å²) in [5, 5.41) is 1.27. The van der Waals surface area contributed by atoms with Crippen LogP contribution in [-0.4, -0.2) is 9.55 Å². The molecule has 5 rings (SSSR count). The molecule has 0 fully saturated rings. The first kappa shape index (κ1) is 15.4. The topological polar surface area (TPSA) is 17.8 Å². The number of aromatic nitrogens is 2. The molecule has 126 valence electrons. The lowest BCUT2D eigenvalue weighted by molar-refractivity contribution is 1.07. The van der Waals surface area contributed by atoms with Gasteiger partial charge in [0.2, 0.25) is 0 Å². The number of para-hydroxylation sites is 1. The highest BCUT2D eigenvalue weighted by molar-refractivity contribution is 7.25. The highest BCUT2D eigenvalue weighted by atomic mass is 32.1. The lowest BCUT2D eigenvalue weighted by atomic mass is 10.1. The molecule has 0 aliphatic heterocycles. The average molecular weight is 354 g/mol. The van der Waals surface area contributed by atoms with Crippen molar-refractivity contribution in [1.29, 1.82) is 0 Å². The fourth-order valence-corrected chi connectivity index (χ4v) is 4.78. The zero-order valence-electron chi connectivity index (χ0n) is 14.7. The minimum absolute atomic E-state index is 1.01. The van der Waals surface area contributed by atoms with Gasteiger partial charge in [0.1, 0.15) is 10.7 Å². The SMILES string of the molecule is Cc1cccc(C)c1-n1c(-c2ccccc2)nc2sc3ccccc3c21. The third-order valence-corrected chi connectivity index (χ3v) is 5.94. The van der Waals surface area contributed by atoms with Crippen LogP contribution in [0.2, 0.25) is 0 Å². The first-order chi connectivity index (χ1) is 12.7. The van der Waals surface area contributed by atoms with Crippen molar-refractivity contribution in [3.05, 3.63) is 83.9 Å². The number of hydrogen-bond acceptors (Lipinski definition) is 2. The molecule has 0 aliphatic carbocycles. The Morgan fingerprint density at radius 3 is 2.23 bits per heavy atom. The monoisotopic (exact) mass is 354 g/mol. The first-order valence-electron chi connectivity index (χ1n) is 8.76. The predicted molar refractivity (Wildman–Crippen MR) is 111 cm³/mol. The van der Waals surface area contributed by atoms with E-state index >= 15 is 0 Å². The van der Waals surface area contributed by atoms with Gasteiger partial charge in [-0.25, -0.2) is 4.98 Å². The largest absolute Gasteiger partial charge is 0.290 e. The van der Waals surface area contributed by atoms with Gasteiger partial charge in [0, 0.05) is 15.6 Å². The Labute approximate surface area is 156 Å². The van der Waals surface area contributed by atoms with E-state index in [1.165, 1.54) is 32.4 Å². The van der Waals surface area contributed by atoms with Crippen LogP contribution in [0.15, 0.2) is 72.8 Å². The summed E-state index contributed by atoms with van der Waals surface area (Å²) >= 11 is 1.77. The van der Waals surface area contributed by atoms with E-state index in [0.717, 1.165) is 16.2 Å². The van der Waals surface area contributed by atoms with E-state index in [9.17, 15) is 0 Å². The number of aryl methyl sites for hydroxylation is 2. The maximum Gasteiger partial charge on any atom is 0.146 e. The molecule has 0 saturated heterocycles. The number of nitrogens with zero attached hydrogens (tertiary/aromatic N) is 2. The van der Waals surface area contributed by atoms with Crippen LogP contribution in [-0.2, 0) is 0 Å². The van der Waals surface area contributed by atoms with Gasteiger partial charge in [-0.3, -0.25) is 4.57 Å². The third kappa shape index (κ3) is 2.21. The number of hydrogen-bond donors (Lipinski definition) is 0. The Kier molecular flexibility index (Phi) is 3.44. The van der Waals surface area contributed by atoms with Gasteiger partial charge in [-0.2, -0.15) is 0 Å². The lowest BCUT2D eigenvalue weighted by Crippen LogP contribution is -2.02. The van der Waals surface area contributed by atoms with Gasteiger partial charge in [-0.05, 0) is 31.0 Å². The molecule has 0 atom stereocenters. The Morgan fingerprint density at radius 2 is 1.46 bits per heavy atom. The molecule has 0 spiro atoms. The van der Waals surface area contributed by atoms with Crippen LogP contribution in [0.4, 0.5) is 0 Å². The number of benzene rings is 3. The van der Waals surface area contributed by atoms with Crippen molar-refractivity contribution in [2.45, 2.75) is 13.8 Å². The predicted octanol–water partition coefficient (Wildman–Crippen LogP) is 6.52. The normalized spacial score (nSPS) is 11.5. The van der Waals surface area contributed by atoms with Crippen molar-refractivity contribution >= 4 is 31.8 Å². The van der Waals surface area contributed by atoms with Crippen LogP contribution in [0.25, 0.3) is 37.5 Å². The molecule has 2 aromatic heterocycles. The fourth-order valence-electron chi connectivity index (χ4n) is 3.72. The molecule has 0 bridgehead atoms. The second-order valence-electron chi connectivity index (χ2n) is 6.63. The summed E-state index contributed by atoms with van der Waals surface area (Å²) in [4.78, 5) is 6.15. The van der Waals surface area contributed by atoms with Gasteiger partial charge in [-0.1, -0.05) is 66.7 Å². The molecule has 26 heavy (non-hydrogen) atoms. The maximum atomic E-state index is 5.06. The van der Waals surface area contributed by atoms with E-state index < -0.39 is 0 Å². The summed E-state index contributed by atoms with van der Waals surface area (Å²) in [7, 11) is 0. The van der Waals surface area contributed by atoms with Gasteiger partial charge in [-0.15, -0.1) is 11.3 Å². The zero-order chi connectivity index (χ0) is 17.7. The second-order valence-corrected chi connectivity index (χ2v) is 7.66. The van der Waals surface area contributed by atoms with E-state index in [4.69, 9.17) is 4.98 Å². The van der Waals surface area contributed by atoms with E-state index in [1.54, 1.807) is 11.3 Å². The van der Waals surface area contributed by atoms with Gasteiger partial charge in [0.05, 0.1) is 11.2 Å². The molecule has 0 aliphatic rings. The Balaban J connectivity index is 1.98. The number of fused-ring (bicyclic) bond motifs is 3. The van der Waals surface area contributed by atoms with E-state index in [1.807, 2.05) is 6.07 Å². The number of thiophene rings is 1. The van der Waals surface area contributed by atoms with Crippen molar-refractivity contribution in [3.63, 3.8) is 0 Å². The van der Waals surface area contributed by atoms with Crippen molar-refractivity contribution in [1.82, 2.24) is 9.55 Å².